The van der Waals surface area contributed by atoms with Gasteiger partial charge in [0.15, 0.2) is 5.65 Å². The van der Waals surface area contributed by atoms with Crippen LogP contribution in [-0.2, 0) is 6.54 Å². The molecule has 1 N–H and O–H groups in total. The average molecular weight is 315 g/mol. The molecule has 94 valence electrons. The quantitative estimate of drug-likeness (QED) is 0.805. The Labute approximate surface area is 119 Å². The van der Waals surface area contributed by atoms with Gasteiger partial charge in [-0.1, -0.05) is 0 Å². The van der Waals surface area contributed by atoms with Crippen LogP contribution >= 0.6 is 15.9 Å². The lowest BCUT2D eigenvalue weighted by atomic mass is 10.2. The number of hydrogen-bond donors (Lipinski definition) is 1. The van der Waals surface area contributed by atoms with E-state index in [0.717, 1.165) is 26.9 Å². The lowest BCUT2D eigenvalue weighted by Gasteiger charge is -2.08. The molecule has 0 aromatic carbocycles. The maximum atomic E-state index is 4.33. The third-order valence-electron chi connectivity index (χ3n) is 2.76. The van der Waals surface area contributed by atoms with Crippen LogP contribution < -0.4 is 5.32 Å². The van der Waals surface area contributed by atoms with Crippen LogP contribution in [0.25, 0.3) is 11.0 Å². The van der Waals surface area contributed by atoms with Crippen LogP contribution in [0.2, 0.25) is 0 Å². The monoisotopic (exact) mass is 314 g/mol. The van der Waals surface area contributed by atoms with E-state index in [2.05, 4.69) is 36.2 Å². The van der Waals surface area contributed by atoms with Gasteiger partial charge in [0.2, 0.25) is 0 Å². The fourth-order valence-electron chi connectivity index (χ4n) is 1.83. The van der Waals surface area contributed by atoms with Crippen molar-refractivity contribution < 1.29 is 0 Å². The van der Waals surface area contributed by atoms with Crippen LogP contribution in [0.3, 0.4) is 0 Å². The van der Waals surface area contributed by atoms with Gasteiger partial charge in [-0.25, -0.2) is 9.97 Å². The van der Waals surface area contributed by atoms with Gasteiger partial charge < -0.3 is 5.32 Å². The zero-order valence-electron chi connectivity index (χ0n) is 10.0. The third-order valence-corrected chi connectivity index (χ3v) is 3.23. The van der Waals surface area contributed by atoms with Gasteiger partial charge in [-0.15, -0.1) is 0 Å². The van der Waals surface area contributed by atoms with Crippen LogP contribution in [0.4, 0.5) is 5.69 Å². The summed E-state index contributed by atoms with van der Waals surface area (Å²) < 4.78 is 0.981. The van der Waals surface area contributed by atoms with Gasteiger partial charge in [-0.2, -0.15) is 0 Å². The minimum Gasteiger partial charge on any atom is -0.379 e. The Balaban J connectivity index is 1.84. The normalized spacial score (nSPS) is 10.6. The Morgan fingerprint density at radius 2 is 1.89 bits per heavy atom. The Hall–Kier alpha value is -2.01. The fraction of sp³-hybridized carbons (Fsp3) is 0.0714. The molecule has 4 nitrogen and oxygen atoms in total. The molecule has 0 saturated heterocycles. The second-order valence-corrected chi connectivity index (χ2v) is 4.97. The smallest absolute Gasteiger partial charge is 0.161 e. The summed E-state index contributed by atoms with van der Waals surface area (Å²) in [6.45, 7) is 0.668. The van der Waals surface area contributed by atoms with Crippen molar-refractivity contribution in [3.63, 3.8) is 0 Å². The number of rotatable bonds is 3. The minimum atomic E-state index is 0.668. The van der Waals surface area contributed by atoms with Gasteiger partial charge in [0, 0.05) is 34.1 Å². The number of hydrogen-bond acceptors (Lipinski definition) is 4. The van der Waals surface area contributed by atoms with E-state index in [4.69, 9.17) is 0 Å². The van der Waals surface area contributed by atoms with Gasteiger partial charge in [-0.3, -0.25) is 4.98 Å². The molecule has 0 aliphatic heterocycles. The van der Waals surface area contributed by atoms with E-state index in [-0.39, 0.29) is 0 Å². The van der Waals surface area contributed by atoms with Gasteiger partial charge >= 0.3 is 0 Å². The van der Waals surface area contributed by atoms with Crippen LogP contribution in [0.5, 0.6) is 0 Å². The number of anilines is 1. The molecule has 0 amide bonds. The van der Waals surface area contributed by atoms with E-state index in [9.17, 15) is 0 Å². The second kappa shape index (κ2) is 5.32. The third kappa shape index (κ3) is 2.71. The number of pyridine rings is 3. The van der Waals surface area contributed by atoms with Crippen LogP contribution in [0.15, 0.2) is 53.4 Å². The molecule has 0 aliphatic rings. The maximum Gasteiger partial charge on any atom is 0.161 e. The predicted octanol–water partition coefficient (Wildman–Crippen LogP) is 3.40. The first-order chi connectivity index (χ1) is 9.33. The summed E-state index contributed by atoms with van der Waals surface area (Å²) in [5.74, 6) is 0. The summed E-state index contributed by atoms with van der Waals surface area (Å²) in [6, 6.07) is 9.83. The molecule has 0 aliphatic carbocycles. The SMILES string of the molecule is Brc1ccc(CNc2ccnc3ncccc23)nc1. The summed E-state index contributed by atoms with van der Waals surface area (Å²) in [5.41, 5.74) is 2.75. The van der Waals surface area contributed by atoms with Crippen LogP contribution in [0.1, 0.15) is 5.69 Å². The second-order valence-electron chi connectivity index (χ2n) is 4.05. The van der Waals surface area contributed by atoms with Crippen molar-refractivity contribution in [1.29, 1.82) is 0 Å². The fourth-order valence-corrected chi connectivity index (χ4v) is 2.07. The highest BCUT2D eigenvalue weighted by Gasteiger charge is 2.02. The minimum absolute atomic E-state index is 0.668. The molecule has 3 heterocycles. The lowest BCUT2D eigenvalue weighted by molar-refractivity contribution is 1.04. The Morgan fingerprint density at radius 3 is 2.74 bits per heavy atom. The number of nitrogens with one attached hydrogen (secondary N) is 1. The molecule has 3 aromatic rings. The highest BCUT2D eigenvalue weighted by molar-refractivity contribution is 9.10. The molecule has 0 unspecified atom stereocenters. The van der Waals surface area contributed by atoms with Crippen molar-refractivity contribution in [1.82, 2.24) is 15.0 Å². The first-order valence-corrected chi connectivity index (χ1v) is 6.66. The number of aromatic nitrogens is 3. The topological polar surface area (TPSA) is 50.7 Å². The molecule has 3 rings (SSSR count). The first-order valence-electron chi connectivity index (χ1n) is 5.87. The summed E-state index contributed by atoms with van der Waals surface area (Å²) in [4.78, 5) is 12.8. The van der Waals surface area contributed by atoms with E-state index in [0.29, 0.717) is 6.54 Å². The van der Waals surface area contributed by atoms with Crippen molar-refractivity contribution >= 4 is 32.7 Å². The van der Waals surface area contributed by atoms with Crippen LogP contribution in [-0.4, -0.2) is 15.0 Å². The predicted molar refractivity (Wildman–Crippen MR) is 78.8 cm³/mol. The first kappa shape index (κ1) is 12.0. The zero-order chi connectivity index (χ0) is 13.1. The van der Waals surface area contributed by atoms with Crippen molar-refractivity contribution in [3.8, 4) is 0 Å². The molecule has 0 atom stereocenters. The van der Waals surface area contributed by atoms with E-state index in [1.54, 1.807) is 18.6 Å². The van der Waals surface area contributed by atoms with Gasteiger partial charge in [0.1, 0.15) is 0 Å². The molecule has 19 heavy (non-hydrogen) atoms. The lowest BCUT2D eigenvalue weighted by Crippen LogP contribution is -2.02. The van der Waals surface area contributed by atoms with E-state index < -0.39 is 0 Å². The Kier molecular flexibility index (Phi) is 3.37. The number of halogens is 1. The van der Waals surface area contributed by atoms with Crippen molar-refractivity contribution in [3.05, 3.63) is 59.1 Å². The molecular formula is C14H11BrN4. The molecular weight excluding hydrogens is 304 g/mol. The standard InChI is InChI=1S/C14H11BrN4/c15-10-3-4-11(18-8-10)9-19-13-5-7-17-14-12(13)2-1-6-16-14/h1-8H,9H2,(H,16,17,19). The summed E-state index contributed by atoms with van der Waals surface area (Å²) >= 11 is 3.37. The number of nitrogens with zero attached hydrogens (tertiary/aromatic N) is 3. The van der Waals surface area contributed by atoms with E-state index in [1.165, 1.54) is 0 Å². The Bertz CT molecular complexity index is 692. The van der Waals surface area contributed by atoms with Crippen molar-refractivity contribution in [2.24, 2.45) is 0 Å². The highest BCUT2D eigenvalue weighted by Crippen LogP contribution is 2.19. The van der Waals surface area contributed by atoms with Gasteiger partial charge in [0.25, 0.3) is 0 Å². The molecule has 0 radical (unpaired) electrons. The number of fused-ring (bicyclic) bond motifs is 1. The molecule has 0 spiro atoms. The van der Waals surface area contributed by atoms with Crippen LogP contribution in [0, 0.1) is 0 Å². The highest BCUT2D eigenvalue weighted by atomic mass is 79.9. The summed E-state index contributed by atoms with van der Waals surface area (Å²) in [7, 11) is 0. The maximum absolute atomic E-state index is 4.33. The van der Waals surface area contributed by atoms with Crippen molar-refractivity contribution in [2.45, 2.75) is 6.54 Å². The Morgan fingerprint density at radius 1 is 1.00 bits per heavy atom. The van der Waals surface area contributed by atoms with Crippen molar-refractivity contribution in [2.75, 3.05) is 5.32 Å². The van der Waals surface area contributed by atoms with E-state index in [1.807, 2.05) is 30.3 Å². The molecule has 3 aromatic heterocycles. The summed E-state index contributed by atoms with van der Waals surface area (Å²) in [6.07, 6.45) is 5.30. The molecule has 5 heteroatoms. The molecule has 0 saturated carbocycles. The average Bonchev–Trinajstić information content (AvgIpc) is 2.47. The van der Waals surface area contributed by atoms with Gasteiger partial charge in [0.05, 0.1) is 12.2 Å². The van der Waals surface area contributed by atoms with E-state index >= 15 is 0 Å². The zero-order valence-corrected chi connectivity index (χ0v) is 11.6. The molecule has 0 bridgehead atoms. The largest absolute Gasteiger partial charge is 0.379 e. The van der Waals surface area contributed by atoms with Gasteiger partial charge in [-0.05, 0) is 46.3 Å². The molecule has 0 fully saturated rings. The summed E-state index contributed by atoms with van der Waals surface area (Å²) in [5, 5.41) is 4.38.